The Kier molecular flexibility index (Phi) is 2.49. The van der Waals surface area contributed by atoms with Crippen LogP contribution in [0.15, 0.2) is 22.7 Å². The highest BCUT2D eigenvalue weighted by Crippen LogP contribution is 2.30. The molecule has 0 unspecified atom stereocenters. The van der Waals surface area contributed by atoms with Gasteiger partial charge in [0.25, 0.3) is 11.7 Å². The fourth-order valence-corrected chi connectivity index (χ4v) is 1.16. The molecule has 4 nitrogen and oxygen atoms in total. The van der Waals surface area contributed by atoms with E-state index in [0.717, 1.165) is 12.1 Å². The van der Waals surface area contributed by atoms with Gasteiger partial charge in [0, 0.05) is 5.69 Å². The molecule has 2 aromatic rings. The summed E-state index contributed by atoms with van der Waals surface area (Å²) in [5, 5.41) is 2.75. The molecule has 1 aromatic heterocycles. The number of halogens is 4. The van der Waals surface area contributed by atoms with Crippen LogP contribution >= 0.6 is 0 Å². The third kappa shape index (κ3) is 2.19. The van der Waals surface area contributed by atoms with E-state index in [0.29, 0.717) is 0 Å². The van der Waals surface area contributed by atoms with Crippen LogP contribution in [0.3, 0.4) is 0 Å². The van der Waals surface area contributed by atoms with Gasteiger partial charge in [-0.2, -0.15) is 18.2 Å². The van der Waals surface area contributed by atoms with Crippen LogP contribution in [-0.2, 0) is 6.18 Å². The molecular weight excluding hydrogens is 242 g/mol. The zero-order valence-electron chi connectivity index (χ0n) is 8.12. The minimum absolute atomic E-state index is 0.0452. The van der Waals surface area contributed by atoms with Gasteiger partial charge in [0.1, 0.15) is 5.82 Å². The van der Waals surface area contributed by atoms with Crippen molar-refractivity contribution >= 4 is 5.69 Å². The van der Waals surface area contributed by atoms with E-state index in [4.69, 9.17) is 5.73 Å². The standard InChI is InChI=1S/C9H5F4N3O/c10-4-1-2-6(14)5(3-4)7-15-8(16-17-7)9(11,12)13/h1-3H,14H2. The van der Waals surface area contributed by atoms with Gasteiger partial charge in [0.2, 0.25) is 0 Å². The summed E-state index contributed by atoms with van der Waals surface area (Å²) in [7, 11) is 0. The second-order valence-electron chi connectivity index (χ2n) is 3.15. The molecule has 2 rings (SSSR count). The second kappa shape index (κ2) is 3.72. The predicted molar refractivity (Wildman–Crippen MR) is 49.1 cm³/mol. The van der Waals surface area contributed by atoms with Crippen molar-refractivity contribution in [2.75, 3.05) is 5.73 Å². The van der Waals surface area contributed by atoms with Crippen LogP contribution in [-0.4, -0.2) is 10.1 Å². The van der Waals surface area contributed by atoms with Crippen molar-refractivity contribution in [3.63, 3.8) is 0 Å². The lowest BCUT2D eigenvalue weighted by molar-refractivity contribution is -0.146. The molecule has 0 fully saturated rings. The first-order valence-electron chi connectivity index (χ1n) is 4.34. The van der Waals surface area contributed by atoms with Crippen LogP contribution in [0.25, 0.3) is 11.5 Å². The van der Waals surface area contributed by atoms with Gasteiger partial charge in [-0.05, 0) is 18.2 Å². The Hall–Kier alpha value is -2.12. The number of nitrogens with zero attached hydrogens (tertiary/aromatic N) is 2. The second-order valence-corrected chi connectivity index (χ2v) is 3.15. The molecule has 2 N–H and O–H groups in total. The summed E-state index contributed by atoms with van der Waals surface area (Å²) in [6.07, 6.45) is -4.72. The lowest BCUT2D eigenvalue weighted by Gasteiger charge is -2.00. The van der Waals surface area contributed by atoms with Crippen LogP contribution in [0.1, 0.15) is 5.82 Å². The van der Waals surface area contributed by atoms with Crippen molar-refractivity contribution in [2.45, 2.75) is 6.18 Å². The number of rotatable bonds is 1. The van der Waals surface area contributed by atoms with E-state index in [9.17, 15) is 17.6 Å². The molecule has 0 bridgehead atoms. The van der Waals surface area contributed by atoms with E-state index >= 15 is 0 Å². The summed E-state index contributed by atoms with van der Waals surface area (Å²) in [4.78, 5) is 3.10. The van der Waals surface area contributed by atoms with Crippen molar-refractivity contribution in [1.29, 1.82) is 0 Å². The minimum atomic E-state index is -4.72. The average molecular weight is 247 g/mol. The number of alkyl halides is 3. The molecule has 17 heavy (non-hydrogen) atoms. The number of aromatic nitrogens is 2. The van der Waals surface area contributed by atoms with E-state index in [1.54, 1.807) is 0 Å². The van der Waals surface area contributed by atoms with Crippen LogP contribution in [0.2, 0.25) is 0 Å². The van der Waals surface area contributed by atoms with Crippen LogP contribution in [0.4, 0.5) is 23.2 Å². The SMILES string of the molecule is Nc1ccc(F)cc1-c1nc(C(F)(F)F)no1. The fraction of sp³-hybridized carbons (Fsp3) is 0.111. The molecule has 0 saturated heterocycles. The molecule has 0 aliphatic heterocycles. The molecule has 8 heteroatoms. The number of anilines is 1. The summed E-state index contributed by atoms with van der Waals surface area (Å²) >= 11 is 0. The first-order valence-corrected chi connectivity index (χ1v) is 4.34. The minimum Gasteiger partial charge on any atom is -0.398 e. The predicted octanol–water partition coefficient (Wildman–Crippen LogP) is 2.48. The van der Waals surface area contributed by atoms with Gasteiger partial charge in [0.05, 0.1) is 5.56 Å². The third-order valence-electron chi connectivity index (χ3n) is 1.93. The quantitative estimate of drug-likeness (QED) is 0.621. The van der Waals surface area contributed by atoms with E-state index < -0.39 is 23.7 Å². The first kappa shape index (κ1) is 11.4. The van der Waals surface area contributed by atoms with E-state index in [-0.39, 0.29) is 11.3 Å². The van der Waals surface area contributed by atoms with Gasteiger partial charge in [-0.25, -0.2) is 4.39 Å². The molecule has 0 amide bonds. The van der Waals surface area contributed by atoms with Gasteiger partial charge >= 0.3 is 6.18 Å². The Morgan fingerprint density at radius 2 is 1.94 bits per heavy atom. The lowest BCUT2D eigenvalue weighted by atomic mass is 10.2. The average Bonchev–Trinajstić information content (AvgIpc) is 2.70. The topological polar surface area (TPSA) is 64.9 Å². The number of nitrogen functional groups attached to an aromatic ring is 1. The van der Waals surface area contributed by atoms with Crippen LogP contribution < -0.4 is 5.73 Å². The maximum absolute atomic E-state index is 12.9. The van der Waals surface area contributed by atoms with Gasteiger partial charge in [-0.15, -0.1) is 0 Å². The van der Waals surface area contributed by atoms with Gasteiger partial charge in [0.15, 0.2) is 0 Å². The maximum atomic E-state index is 12.9. The summed E-state index contributed by atoms with van der Waals surface area (Å²) in [6.45, 7) is 0. The van der Waals surface area contributed by atoms with Crippen LogP contribution in [0.5, 0.6) is 0 Å². The Bertz CT molecular complexity index is 549. The van der Waals surface area contributed by atoms with Crippen molar-refractivity contribution in [1.82, 2.24) is 10.1 Å². The largest absolute Gasteiger partial charge is 0.455 e. The summed E-state index contributed by atoms with van der Waals surface area (Å²) < 4.78 is 53.9. The smallest absolute Gasteiger partial charge is 0.398 e. The number of hydrogen-bond acceptors (Lipinski definition) is 4. The Balaban J connectivity index is 2.47. The van der Waals surface area contributed by atoms with Crippen molar-refractivity contribution in [3.8, 4) is 11.5 Å². The van der Waals surface area contributed by atoms with Crippen molar-refractivity contribution in [3.05, 3.63) is 29.8 Å². The van der Waals surface area contributed by atoms with E-state index in [2.05, 4.69) is 14.7 Å². The molecule has 0 saturated carbocycles. The molecule has 1 aromatic carbocycles. The molecule has 90 valence electrons. The summed E-state index contributed by atoms with van der Waals surface area (Å²) in [5.41, 5.74) is 5.43. The van der Waals surface area contributed by atoms with Crippen molar-refractivity contribution in [2.24, 2.45) is 0 Å². The van der Waals surface area contributed by atoms with Crippen molar-refractivity contribution < 1.29 is 22.1 Å². The summed E-state index contributed by atoms with van der Waals surface area (Å²) in [5.74, 6) is -2.58. The number of hydrogen-bond donors (Lipinski definition) is 1. The molecule has 0 aliphatic carbocycles. The van der Waals surface area contributed by atoms with E-state index in [1.165, 1.54) is 6.07 Å². The molecule has 0 atom stereocenters. The molecule has 1 heterocycles. The molecular formula is C9H5F4N3O. The first-order chi connectivity index (χ1) is 7.88. The van der Waals surface area contributed by atoms with E-state index in [1.807, 2.05) is 0 Å². The highest BCUT2D eigenvalue weighted by atomic mass is 19.4. The maximum Gasteiger partial charge on any atom is 0.455 e. The third-order valence-corrected chi connectivity index (χ3v) is 1.93. The highest BCUT2D eigenvalue weighted by molar-refractivity contribution is 5.70. The zero-order valence-corrected chi connectivity index (χ0v) is 8.12. The monoisotopic (exact) mass is 247 g/mol. The normalized spacial score (nSPS) is 11.8. The van der Waals surface area contributed by atoms with Crippen LogP contribution in [0, 0.1) is 5.82 Å². The summed E-state index contributed by atoms with van der Waals surface area (Å²) in [6, 6.07) is 3.19. The molecule has 0 spiro atoms. The number of nitrogens with two attached hydrogens (primary N) is 1. The lowest BCUT2D eigenvalue weighted by Crippen LogP contribution is -2.07. The van der Waals surface area contributed by atoms with Gasteiger partial charge in [-0.3, -0.25) is 0 Å². The fourth-order valence-electron chi connectivity index (χ4n) is 1.16. The Morgan fingerprint density at radius 3 is 2.53 bits per heavy atom. The molecule has 0 radical (unpaired) electrons. The Morgan fingerprint density at radius 1 is 1.24 bits per heavy atom. The Labute approximate surface area is 92.0 Å². The molecule has 0 aliphatic rings. The highest BCUT2D eigenvalue weighted by Gasteiger charge is 2.37. The zero-order chi connectivity index (χ0) is 12.6. The van der Waals surface area contributed by atoms with Gasteiger partial charge < -0.3 is 10.3 Å². The number of benzene rings is 1. The van der Waals surface area contributed by atoms with Gasteiger partial charge in [-0.1, -0.05) is 5.16 Å².